The highest BCUT2D eigenvalue weighted by Crippen LogP contribution is 2.24. The number of hydrogen-bond donors (Lipinski definition) is 0. The Bertz CT molecular complexity index is 449. The van der Waals surface area contributed by atoms with Gasteiger partial charge in [-0.2, -0.15) is 5.26 Å². The lowest BCUT2D eigenvalue weighted by molar-refractivity contribution is -0.384. The van der Waals surface area contributed by atoms with Crippen LogP contribution in [0.15, 0.2) is 30.9 Å². The van der Waals surface area contributed by atoms with Crippen molar-refractivity contribution in [2.75, 3.05) is 6.61 Å². The molecule has 1 aromatic carbocycles. The standard InChI is InChI=1S/C11H10N2O3/c1-2-3-6-16-11-7-10(13(14)15)5-4-9(11)8-12/h2,4-5,7H,1,3,6H2. The zero-order chi connectivity index (χ0) is 12.0. The van der Waals surface area contributed by atoms with Crippen LogP contribution in [0.2, 0.25) is 0 Å². The average molecular weight is 218 g/mol. The average Bonchev–Trinajstić information content (AvgIpc) is 2.29. The molecular formula is C11H10N2O3. The lowest BCUT2D eigenvalue weighted by atomic mass is 10.2. The van der Waals surface area contributed by atoms with Crippen LogP contribution in [-0.4, -0.2) is 11.5 Å². The van der Waals surface area contributed by atoms with Gasteiger partial charge in [0.15, 0.2) is 0 Å². The van der Waals surface area contributed by atoms with Crippen LogP contribution < -0.4 is 4.74 Å². The second-order valence-corrected chi connectivity index (χ2v) is 2.98. The van der Waals surface area contributed by atoms with E-state index in [2.05, 4.69) is 6.58 Å². The second-order valence-electron chi connectivity index (χ2n) is 2.98. The number of ether oxygens (including phenoxy) is 1. The summed E-state index contributed by atoms with van der Waals surface area (Å²) in [6, 6.07) is 5.82. The smallest absolute Gasteiger partial charge is 0.273 e. The van der Waals surface area contributed by atoms with E-state index in [1.54, 1.807) is 6.08 Å². The monoisotopic (exact) mass is 218 g/mol. The molecule has 0 saturated heterocycles. The van der Waals surface area contributed by atoms with E-state index in [9.17, 15) is 10.1 Å². The van der Waals surface area contributed by atoms with Gasteiger partial charge in [-0.05, 0) is 12.5 Å². The first-order chi connectivity index (χ1) is 7.69. The first-order valence-corrected chi connectivity index (χ1v) is 4.61. The fraction of sp³-hybridized carbons (Fsp3) is 0.182. The third-order valence-corrected chi connectivity index (χ3v) is 1.88. The van der Waals surface area contributed by atoms with Gasteiger partial charge in [0.1, 0.15) is 11.8 Å². The van der Waals surface area contributed by atoms with Crippen molar-refractivity contribution in [1.82, 2.24) is 0 Å². The quantitative estimate of drug-likeness (QED) is 0.329. The minimum Gasteiger partial charge on any atom is -0.492 e. The predicted octanol–water partition coefficient (Wildman–Crippen LogP) is 2.42. The molecule has 0 N–H and O–H groups in total. The van der Waals surface area contributed by atoms with Crippen LogP contribution in [0.3, 0.4) is 0 Å². The molecule has 0 aliphatic rings. The van der Waals surface area contributed by atoms with E-state index in [-0.39, 0.29) is 17.0 Å². The lowest BCUT2D eigenvalue weighted by Gasteiger charge is -2.05. The van der Waals surface area contributed by atoms with E-state index >= 15 is 0 Å². The van der Waals surface area contributed by atoms with E-state index in [0.717, 1.165) is 0 Å². The summed E-state index contributed by atoms with van der Waals surface area (Å²) < 4.78 is 5.26. The molecule has 0 aliphatic carbocycles. The molecule has 1 rings (SSSR count). The molecule has 0 heterocycles. The summed E-state index contributed by atoms with van der Waals surface area (Å²) in [5, 5.41) is 19.3. The molecule has 82 valence electrons. The third-order valence-electron chi connectivity index (χ3n) is 1.88. The lowest BCUT2D eigenvalue weighted by Crippen LogP contribution is -1.99. The molecule has 0 aliphatic heterocycles. The Morgan fingerprint density at radius 2 is 2.38 bits per heavy atom. The van der Waals surface area contributed by atoms with Crippen molar-refractivity contribution in [3.8, 4) is 11.8 Å². The summed E-state index contributed by atoms with van der Waals surface area (Å²) in [7, 11) is 0. The molecule has 0 amide bonds. The van der Waals surface area contributed by atoms with Crippen LogP contribution in [0.25, 0.3) is 0 Å². The van der Waals surface area contributed by atoms with E-state index in [0.29, 0.717) is 13.0 Å². The molecule has 0 aromatic heterocycles. The van der Waals surface area contributed by atoms with Gasteiger partial charge in [0.25, 0.3) is 5.69 Å². The summed E-state index contributed by atoms with van der Waals surface area (Å²) in [4.78, 5) is 10.0. The van der Waals surface area contributed by atoms with Crippen molar-refractivity contribution < 1.29 is 9.66 Å². The number of nitrogens with zero attached hydrogens (tertiary/aromatic N) is 2. The van der Waals surface area contributed by atoms with E-state index in [1.165, 1.54) is 18.2 Å². The van der Waals surface area contributed by atoms with Gasteiger partial charge in [0.2, 0.25) is 0 Å². The maximum atomic E-state index is 10.5. The molecule has 0 fully saturated rings. The number of hydrogen-bond acceptors (Lipinski definition) is 4. The summed E-state index contributed by atoms with van der Waals surface area (Å²) >= 11 is 0. The maximum absolute atomic E-state index is 10.5. The van der Waals surface area contributed by atoms with Crippen LogP contribution >= 0.6 is 0 Å². The van der Waals surface area contributed by atoms with E-state index in [1.807, 2.05) is 6.07 Å². The minimum absolute atomic E-state index is 0.0902. The van der Waals surface area contributed by atoms with E-state index < -0.39 is 4.92 Å². The SMILES string of the molecule is C=CCCOc1cc([N+](=O)[O-])ccc1C#N. The number of nitriles is 1. The third kappa shape index (κ3) is 2.82. The van der Waals surface area contributed by atoms with Crippen LogP contribution in [0.1, 0.15) is 12.0 Å². The van der Waals surface area contributed by atoms with Crippen LogP contribution in [0.4, 0.5) is 5.69 Å². The number of benzene rings is 1. The first kappa shape index (κ1) is 11.7. The molecule has 0 radical (unpaired) electrons. The number of non-ortho nitro benzene ring substituents is 1. The zero-order valence-corrected chi connectivity index (χ0v) is 8.55. The Kier molecular flexibility index (Phi) is 4.04. The molecule has 0 unspecified atom stereocenters. The maximum Gasteiger partial charge on any atom is 0.273 e. The van der Waals surface area contributed by atoms with Gasteiger partial charge in [-0.25, -0.2) is 0 Å². The normalized spacial score (nSPS) is 9.19. The molecule has 5 nitrogen and oxygen atoms in total. The Labute approximate surface area is 92.7 Å². The van der Waals surface area contributed by atoms with Gasteiger partial charge < -0.3 is 4.74 Å². The second kappa shape index (κ2) is 5.51. The Morgan fingerprint density at radius 3 is 2.94 bits per heavy atom. The molecule has 16 heavy (non-hydrogen) atoms. The molecule has 0 bridgehead atoms. The highest BCUT2D eigenvalue weighted by molar-refractivity contribution is 5.49. The van der Waals surface area contributed by atoms with Gasteiger partial charge in [0.05, 0.1) is 23.2 Å². The molecule has 0 atom stereocenters. The number of rotatable bonds is 5. The van der Waals surface area contributed by atoms with Crippen molar-refractivity contribution in [3.63, 3.8) is 0 Å². The van der Waals surface area contributed by atoms with Gasteiger partial charge >= 0.3 is 0 Å². The molecule has 0 saturated carbocycles. The Hall–Kier alpha value is -2.35. The van der Waals surface area contributed by atoms with Gasteiger partial charge in [-0.1, -0.05) is 6.08 Å². The Morgan fingerprint density at radius 1 is 1.62 bits per heavy atom. The van der Waals surface area contributed by atoms with E-state index in [4.69, 9.17) is 10.00 Å². The zero-order valence-electron chi connectivity index (χ0n) is 8.55. The van der Waals surface area contributed by atoms with Crippen LogP contribution in [0, 0.1) is 21.4 Å². The van der Waals surface area contributed by atoms with Crippen molar-refractivity contribution in [1.29, 1.82) is 5.26 Å². The van der Waals surface area contributed by atoms with Crippen molar-refractivity contribution in [3.05, 3.63) is 46.5 Å². The predicted molar refractivity (Wildman–Crippen MR) is 58.1 cm³/mol. The van der Waals surface area contributed by atoms with Crippen LogP contribution in [0.5, 0.6) is 5.75 Å². The summed E-state index contributed by atoms with van der Waals surface area (Å²) in [5.74, 6) is 0.235. The molecule has 0 spiro atoms. The highest BCUT2D eigenvalue weighted by atomic mass is 16.6. The summed E-state index contributed by atoms with van der Waals surface area (Å²) in [6.45, 7) is 3.87. The fourth-order valence-electron chi connectivity index (χ4n) is 1.09. The van der Waals surface area contributed by atoms with Crippen molar-refractivity contribution >= 4 is 5.69 Å². The summed E-state index contributed by atoms with van der Waals surface area (Å²) in [5.41, 5.74) is 0.197. The van der Waals surface area contributed by atoms with Crippen molar-refractivity contribution in [2.45, 2.75) is 6.42 Å². The van der Waals surface area contributed by atoms with Gasteiger partial charge in [-0.15, -0.1) is 6.58 Å². The largest absolute Gasteiger partial charge is 0.492 e. The minimum atomic E-state index is -0.526. The fourth-order valence-corrected chi connectivity index (χ4v) is 1.09. The molecule has 1 aromatic rings. The van der Waals surface area contributed by atoms with Crippen LogP contribution in [-0.2, 0) is 0 Å². The number of nitro groups is 1. The topological polar surface area (TPSA) is 76.2 Å². The first-order valence-electron chi connectivity index (χ1n) is 4.61. The molecular weight excluding hydrogens is 208 g/mol. The van der Waals surface area contributed by atoms with Gasteiger partial charge in [0, 0.05) is 6.07 Å². The Balaban J connectivity index is 2.94. The van der Waals surface area contributed by atoms with Gasteiger partial charge in [-0.3, -0.25) is 10.1 Å². The number of nitro benzene ring substituents is 1. The van der Waals surface area contributed by atoms with Crippen molar-refractivity contribution in [2.24, 2.45) is 0 Å². The summed E-state index contributed by atoms with van der Waals surface area (Å²) in [6.07, 6.45) is 2.29. The molecule has 5 heteroatoms. The highest BCUT2D eigenvalue weighted by Gasteiger charge is 2.11.